The van der Waals surface area contributed by atoms with Crippen molar-refractivity contribution in [3.05, 3.63) is 194 Å². The number of nitrogens with zero attached hydrogens (tertiary/aromatic N) is 2. The van der Waals surface area contributed by atoms with Crippen LogP contribution in [0.25, 0.3) is 98.2 Å². The van der Waals surface area contributed by atoms with Crippen molar-refractivity contribution in [3.63, 3.8) is 0 Å². The van der Waals surface area contributed by atoms with Crippen LogP contribution in [0.4, 0.5) is 0 Å². The van der Waals surface area contributed by atoms with Gasteiger partial charge in [0.1, 0.15) is 0 Å². The number of aromatic nitrogens is 2. The number of hydrogen-bond donors (Lipinski definition) is 0. The Hall–Kier alpha value is -6.68. The van der Waals surface area contributed by atoms with Gasteiger partial charge in [-0.2, -0.15) is 0 Å². The van der Waals surface area contributed by atoms with E-state index in [0.29, 0.717) is 5.82 Å². The number of rotatable bonds is 6. The highest BCUT2D eigenvalue weighted by Crippen LogP contribution is 2.43. The molecule has 3 heteroatoms. The summed E-state index contributed by atoms with van der Waals surface area (Å²) < 4.78 is 2.59. The van der Waals surface area contributed by atoms with Gasteiger partial charge in [-0.15, -0.1) is 11.3 Å². The largest absolute Gasteiger partial charge is 0.228 e. The maximum absolute atomic E-state index is 5.41. The predicted molar refractivity (Wildman–Crippen MR) is 225 cm³/mol. The van der Waals surface area contributed by atoms with Gasteiger partial charge in [-0.25, -0.2) is 9.97 Å². The van der Waals surface area contributed by atoms with Gasteiger partial charge in [-0.3, -0.25) is 0 Å². The van der Waals surface area contributed by atoms with E-state index in [1.165, 1.54) is 42.1 Å². The lowest BCUT2D eigenvalue weighted by molar-refractivity contribution is 1.18. The van der Waals surface area contributed by atoms with Crippen molar-refractivity contribution in [2.24, 2.45) is 0 Å². The van der Waals surface area contributed by atoms with Crippen molar-refractivity contribution in [1.82, 2.24) is 9.97 Å². The van der Waals surface area contributed by atoms with Crippen molar-refractivity contribution in [2.45, 2.75) is 0 Å². The van der Waals surface area contributed by atoms with Crippen LogP contribution < -0.4 is 0 Å². The van der Waals surface area contributed by atoms with Crippen LogP contribution in [0.1, 0.15) is 0 Å². The van der Waals surface area contributed by atoms with Gasteiger partial charge >= 0.3 is 0 Å². The average molecular weight is 693 g/mol. The monoisotopic (exact) mass is 692 g/mol. The van der Waals surface area contributed by atoms with Crippen LogP contribution in [0.2, 0.25) is 0 Å². The van der Waals surface area contributed by atoms with Crippen LogP contribution in [-0.2, 0) is 0 Å². The normalized spacial score (nSPS) is 11.4. The van der Waals surface area contributed by atoms with E-state index in [1.54, 1.807) is 0 Å². The Kier molecular flexibility index (Phi) is 7.71. The highest BCUT2D eigenvalue weighted by Gasteiger charge is 2.18. The van der Waals surface area contributed by atoms with Crippen LogP contribution >= 0.6 is 11.3 Å². The summed E-state index contributed by atoms with van der Waals surface area (Å²) in [5.74, 6) is 0.699. The van der Waals surface area contributed by atoms with Crippen molar-refractivity contribution in [3.8, 4) is 67.3 Å². The fraction of sp³-hybridized carbons (Fsp3) is 0. The average Bonchev–Trinajstić information content (AvgIpc) is 3.63. The molecule has 2 nitrogen and oxygen atoms in total. The number of benzene rings is 8. The van der Waals surface area contributed by atoms with Gasteiger partial charge in [0.2, 0.25) is 0 Å². The molecular formula is C50H32N2S. The van der Waals surface area contributed by atoms with E-state index in [2.05, 4.69) is 188 Å². The zero-order valence-electron chi connectivity index (χ0n) is 28.8. The van der Waals surface area contributed by atoms with Crippen molar-refractivity contribution in [1.29, 1.82) is 0 Å². The van der Waals surface area contributed by atoms with E-state index in [0.717, 1.165) is 50.3 Å². The van der Waals surface area contributed by atoms with Crippen molar-refractivity contribution >= 4 is 42.3 Å². The molecule has 10 rings (SSSR count). The van der Waals surface area contributed by atoms with E-state index in [-0.39, 0.29) is 0 Å². The topological polar surface area (TPSA) is 25.8 Å². The maximum Gasteiger partial charge on any atom is 0.161 e. The second-order valence-corrected chi connectivity index (χ2v) is 14.4. The van der Waals surface area contributed by atoms with Gasteiger partial charge in [0.05, 0.1) is 11.4 Å². The molecule has 0 aliphatic rings. The molecule has 0 N–H and O–H groups in total. The molecule has 0 atom stereocenters. The third-order valence-electron chi connectivity index (χ3n) is 10.1. The predicted octanol–water partition coefficient (Wildman–Crippen LogP) is 14.0. The van der Waals surface area contributed by atoms with Gasteiger partial charge in [-0.1, -0.05) is 164 Å². The number of fused-ring (bicyclic) bond motifs is 4. The number of thiophene rings is 1. The van der Waals surface area contributed by atoms with Crippen molar-refractivity contribution in [2.75, 3.05) is 0 Å². The van der Waals surface area contributed by atoms with Gasteiger partial charge in [0, 0.05) is 36.9 Å². The van der Waals surface area contributed by atoms with Gasteiger partial charge in [0.15, 0.2) is 5.82 Å². The van der Waals surface area contributed by atoms with E-state index < -0.39 is 0 Å². The maximum atomic E-state index is 5.41. The second-order valence-electron chi connectivity index (χ2n) is 13.3. The lowest BCUT2D eigenvalue weighted by atomic mass is 9.91. The minimum Gasteiger partial charge on any atom is -0.228 e. The molecule has 53 heavy (non-hydrogen) atoms. The highest BCUT2D eigenvalue weighted by molar-refractivity contribution is 7.26. The zero-order valence-corrected chi connectivity index (χ0v) is 29.6. The lowest BCUT2D eigenvalue weighted by Crippen LogP contribution is -1.98. The van der Waals surface area contributed by atoms with Crippen LogP contribution in [0.5, 0.6) is 0 Å². The SMILES string of the molecule is c1ccc(-c2cc(-c3cc(-c4cccc5ccccc45)cc(-c4cccc5c4sc4ccccc45)c3)nc(-c3ccccc3-c3ccccc3)n2)cc1. The van der Waals surface area contributed by atoms with Crippen LogP contribution in [-0.4, -0.2) is 9.97 Å². The lowest BCUT2D eigenvalue weighted by Gasteiger charge is -2.15. The summed E-state index contributed by atoms with van der Waals surface area (Å²) >= 11 is 1.86. The Bertz CT molecular complexity index is 2940. The Balaban J connectivity index is 1.25. The van der Waals surface area contributed by atoms with E-state index in [9.17, 15) is 0 Å². The minimum absolute atomic E-state index is 0.699. The summed E-state index contributed by atoms with van der Waals surface area (Å²) in [5, 5.41) is 5.03. The molecule has 0 aliphatic heterocycles. The van der Waals surface area contributed by atoms with Gasteiger partial charge in [0.25, 0.3) is 0 Å². The van der Waals surface area contributed by atoms with Crippen LogP contribution in [0.3, 0.4) is 0 Å². The molecule has 0 fully saturated rings. The Morgan fingerprint density at radius 1 is 0.321 bits per heavy atom. The van der Waals surface area contributed by atoms with Gasteiger partial charge < -0.3 is 0 Å². The standard InChI is InChI=1S/C50H32N2S/c1-3-15-33(16-4-1)40-22-9-10-24-45(40)50-51-46(35-18-5-2-6-19-35)32-47(52-50)38-30-36(41-25-13-20-34-17-7-8-21-39(34)41)29-37(31-38)42-26-14-27-44-43-23-11-12-28-48(43)53-49(42)44/h1-32H. The molecule has 0 saturated carbocycles. The Morgan fingerprint density at radius 2 is 0.849 bits per heavy atom. The first-order valence-corrected chi connectivity index (χ1v) is 18.7. The third-order valence-corrected chi connectivity index (χ3v) is 11.3. The molecule has 0 spiro atoms. The first kappa shape index (κ1) is 31.1. The molecule has 0 radical (unpaired) electrons. The van der Waals surface area contributed by atoms with Gasteiger partial charge in [-0.05, 0) is 74.5 Å². The summed E-state index contributed by atoms with van der Waals surface area (Å²) in [7, 11) is 0. The molecule has 2 aromatic heterocycles. The molecular weight excluding hydrogens is 661 g/mol. The molecule has 0 unspecified atom stereocenters. The highest BCUT2D eigenvalue weighted by atomic mass is 32.1. The third kappa shape index (κ3) is 5.68. The fourth-order valence-corrected chi connectivity index (χ4v) is 8.80. The van der Waals surface area contributed by atoms with Crippen molar-refractivity contribution < 1.29 is 0 Å². The number of hydrogen-bond acceptors (Lipinski definition) is 3. The molecule has 8 aromatic carbocycles. The molecule has 248 valence electrons. The summed E-state index contributed by atoms with van der Waals surface area (Å²) in [5.41, 5.74) is 11.8. The summed E-state index contributed by atoms with van der Waals surface area (Å²) in [6.45, 7) is 0. The summed E-state index contributed by atoms with van der Waals surface area (Å²) in [4.78, 5) is 10.6. The van der Waals surface area contributed by atoms with Crippen LogP contribution in [0.15, 0.2) is 194 Å². The molecule has 0 bridgehead atoms. The quantitative estimate of drug-likeness (QED) is 0.173. The molecule has 0 amide bonds. The summed E-state index contributed by atoms with van der Waals surface area (Å²) in [6.07, 6.45) is 0. The first-order valence-electron chi connectivity index (χ1n) is 17.9. The first-order chi connectivity index (χ1) is 26.3. The molecule has 0 saturated heterocycles. The molecule has 10 aromatic rings. The smallest absolute Gasteiger partial charge is 0.161 e. The van der Waals surface area contributed by atoms with E-state index >= 15 is 0 Å². The van der Waals surface area contributed by atoms with Crippen LogP contribution in [0, 0.1) is 0 Å². The zero-order chi connectivity index (χ0) is 35.1. The Labute approximate surface area is 312 Å². The Morgan fingerprint density at radius 3 is 1.66 bits per heavy atom. The van der Waals surface area contributed by atoms with E-state index in [1.807, 2.05) is 17.4 Å². The molecule has 2 heterocycles. The molecule has 0 aliphatic carbocycles. The summed E-state index contributed by atoms with van der Waals surface area (Å²) in [6, 6.07) is 69.2. The second kappa shape index (κ2) is 13.1. The van der Waals surface area contributed by atoms with E-state index in [4.69, 9.17) is 9.97 Å². The minimum atomic E-state index is 0.699. The fourth-order valence-electron chi connectivity index (χ4n) is 7.56.